The molecule has 2 rings (SSSR count). The third kappa shape index (κ3) is 3.99. The molecule has 1 aliphatic rings. The lowest BCUT2D eigenvalue weighted by atomic mass is 10.2. The smallest absolute Gasteiger partial charge is 0.340 e. The molecule has 0 radical (unpaired) electrons. The number of ether oxygens (including phenoxy) is 1. The van der Waals surface area contributed by atoms with E-state index in [1.54, 1.807) is 0 Å². The van der Waals surface area contributed by atoms with Crippen LogP contribution in [0.1, 0.15) is 10.4 Å². The maximum absolute atomic E-state index is 12.0. The number of halogens is 1. The van der Waals surface area contributed by atoms with Crippen LogP contribution in [-0.4, -0.2) is 57.2 Å². The molecule has 3 amide bonds. The number of nitrogens with zero attached hydrogens (tertiary/aromatic N) is 1. The highest BCUT2D eigenvalue weighted by Gasteiger charge is 2.27. The SMILES string of the molecule is CS(=O)(=O)c1ccc(Cl)c(C(=O)OCC(=O)N2CCNC2=O)c1. The first-order valence-corrected chi connectivity index (χ1v) is 8.72. The van der Waals surface area contributed by atoms with Crippen molar-refractivity contribution in [3.63, 3.8) is 0 Å². The largest absolute Gasteiger partial charge is 0.452 e. The summed E-state index contributed by atoms with van der Waals surface area (Å²) in [7, 11) is -3.52. The summed E-state index contributed by atoms with van der Waals surface area (Å²) in [5, 5.41) is 2.44. The van der Waals surface area contributed by atoms with Gasteiger partial charge in [0, 0.05) is 19.3 Å². The molecule has 1 N–H and O–H groups in total. The maximum atomic E-state index is 12.0. The molecule has 8 nitrogen and oxygen atoms in total. The molecule has 1 saturated heterocycles. The van der Waals surface area contributed by atoms with Gasteiger partial charge >= 0.3 is 12.0 Å². The molecule has 0 saturated carbocycles. The third-order valence-electron chi connectivity index (χ3n) is 3.07. The molecular formula is C13H13ClN2O6S. The van der Waals surface area contributed by atoms with Gasteiger partial charge in [0.05, 0.1) is 15.5 Å². The van der Waals surface area contributed by atoms with Crippen molar-refractivity contribution in [1.29, 1.82) is 0 Å². The predicted octanol–water partition coefficient (Wildman–Crippen LogP) is 0.452. The normalized spacial score (nSPS) is 14.5. The molecule has 0 unspecified atom stereocenters. The minimum Gasteiger partial charge on any atom is -0.452 e. The molecule has 1 heterocycles. The summed E-state index contributed by atoms with van der Waals surface area (Å²) in [6, 6.07) is 3.04. The first kappa shape index (κ1) is 17.2. The van der Waals surface area contributed by atoms with Gasteiger partial charge < -0.3 is 10.1 Å². The minimum absolute atomic E-state index is 0.00577. The van der Waals surface area contributed by atoms with E-state index in [2.05, 4.69) is 5.32 Å². The van der Waals surface area contributed by atoms with Gasteiger partial charge in [-0.05, 0) is 18.2 Å². The molecule has 0 aromatic heterocycles. The van der Waals surface area contributed by atoms with Crippen LogP contribution >= 0.6 is 11.6 Å². The van der Waals surface area contributed by atoms with Crippen LogP contribution in [0.2, 0.25) is 5.02 Å². The molecule has 23 heavy (non-hydrogen) atoms. The zero-order valence-electron chi connectivity index (χ0n) is 12.0. The second-order valence-corrected chi connectivity index (χ2v) is 7.19. The molecule has 0 bridgehead atoms. The van der Waals surface area contributed by atoms with E-state index in [0.29, 0.717) is 6.54 Å². The van der Waals surface area contributed by atoms with Crippen molar-refractivity contribution in [2.75, 3.05) is 26.0 Å². The molecule has 124 valence electrons. The second kappa shape index (κ2) is 6.55. The minimum atomic E-state index is -3.52. The molecule has 0 spiro atoms. The Kier molecular flexibility index (Phi) is 4.90. The topological polar surface area (TPSA) is 110 Å². The average Bonchev–Trinajstić information content (AvgIpc) is 2.90. The lowest BCUT2D eigenvalue weighted by molar-refractivity contribution is -0.130. The molecule has 1 aromatic carbocycles. The summed E-state index contributed by atoms with van der Waals surface area (Å²) >= 11 is 5.85. The number of amides is 3. The molecule has 10 heteroatoms. The highest BCUT2D eigenvalue weighted by atomic mass is 35.5. The van der Waals surface area contributed by atoms with E-state index in [0.717, 1.165) is 17.2 Å². The molecule has 1 aromatic rings. The maximum Gasteiger partial charge on any atom is 0.340 e. The van der Waals surface area contributed by atoms with Gasteiger partial charge in [-0.2, -0.15) is 0 Å². The summed E-state index contributed by atoms with van der Waals surface area (Å²) < 4.78 is 27.8. The van der Waals surface area contributed by atoms with Crippen molar-refractivity contribution in [3.05, 3.63) is 28.8 Å². The summed E-state index contributed by atoms with van der Waals surface area (Å²) in [6.07, 6.45) is 0.987. The molecule has 1 fully saturated rings. The summed E-state index contributed by atoms with van der Waals surface area (Å²) in [4.78, 5) is 35.9. The predicted molar refractivity (Wildman–Crippen MR) is 80.0 cm³/mol. The van der Waals surface area contributed by atoms with Gasteiger partial charge in [0.15, 0.2) is 16.4 Å². The Morgan fingerprint density at radius 2 is 2.09 bits per heavy atom. The zero-order valence-corrected chi connectivity index (χ0v) is 13.6. The zero-order chi connectivity index (χ0) is 17.2. The molecule has 0 atom stereocenters. The molecule has 1 aliphatic heterocycles. The van der Waals surface area contributed by atoms with Crippen LogP contribution < -0.4 is 5.32 Å². The number of carbonyl (C=O) groups excluding carboxylic acids is 3. The van der Waals surface area contributed by atoms with Gasteiger partial charge in [-0.3, -0.25) is 9.69 Å². The fourth-order valence-corrected chi connectivity index (χ4v) is 2.73. The number of urea groups is 1. The lowest BCUT2D eigenvalue weighted by Crippen LogP contribution is -2.37. The fraction of sp³-hybridized carbons (Fsp3) is 0.308. The Bertz CT molecular complexity index is 777. The second-order valence-electron chi connectivity index (χ2n) is 4.77. The van der Waals surface area contributed by atoms with Crippen molar-refractivity contribution in [3.8, 4) is 0 Å². The summed E-state index contributed by atoms with van der Waals surface area (Å²) in [5.74, 6) is -1.63. The van der Waals surface area contributed by atoms with Crippen molar-refractivity contribution >= 4 is 39.3 Å². The van der Waals surface area contributed by atoms with Gasteiger partial charge in [0.25, 0.3) is 5.91 Å². The van der Waals surface area contributed by atoms with Crippen LogP contribution in [0.15, 0.2) is 23.1 Å². The van der Waals surface area contributed by atoms with E-state index < -0.39 is 34.4 Å². The van der Waals surface area contributed by atoms with Crippen molar-refractivity contribution in [2.24, 2.45) is 0 Å². The Morgan fingerprint density at radius 1 is 1.39 bits per heavy atom. The number of hydrogen-bond acceptors (Lipinski definition) is 6. The number of carbonyl (C=O) groups is 3. The monoisotopic (exact) mass is 360 g/mol. The van der Waals surface area contributed by atoms with E-state index in [4.69, 9.17) is 16.3 Å². The van der Waals surface area contributed by atoms with Crippen LogP contribution in [0.5, 0.6) is 0 Å². The van der Waals surface area contributed by atoms with Gasteiger partial charge in [-0.25, -0.2) is 18.0 Å². The molecule has 0 aliphatic carbocycles. The van der Waals surface area contributed by atoms with Crippen LogP contribution in [0, 0.1) is 0 Å². The van der Waals surface area contributed by atoms with Gasteiger partial charge in [0.2, 0.25) is 0 Å². The number of esters is 1. The van der Waals surface area contributed by atoms with Crippen LogP contribution in [-0.2, 0) is 19.4 Å². The van der Waals surface area contributed by atoms with E-state index in [1.807, 2.05) is 0 Å². The Hall–Kier alpha value is -2.13. The Labute approximate surface area is 137 Å². The summed E-state index contributed by atoms with van der Waals surface area (Å²) in [5.41, 5.74) is -0.173. The number of hydrogen-bond donors (Lipinski definition) is 1. The molecular weight excluding hydrogens is 348 g/mol. The number of rotatable bonds is 4. The summed E-state index contributed by atoms with van der Waals surface area (Å²) in [6.45, 7) is -0.119. The number of imide groups is 1. The number of sulfone groups is 1. The highest BCUT2D eigenvalue weighted by molar-refractivity contribution is 7.90. The number of nitrogens with one attached hydrogen (secondary N) is 1. The van der Waals surface area contributed by atoms with Crippen molar-refractivity contribution < 1.29 is 27.5 Å². The van der Waals surface area contributed by atoms with Gasteiger partial charge in [-0.1, -0.05) is 11.6 Å². The van der Waals surface area contributed by atoms with Crippen molar-refractivity contribution in [1.82, 2.24) is 10.2 Å². The Morgan fingerprint density at radius 3 is 2.65 bits per heavy atom. The van der Waals surface area contributed by atoms with Gasteiger partial charge in [0.1, 0.15) is 0 Å². The standard InChI is InChI=1S/C13H13ClN2O6S/c1-23(20,21)8-2-3-10(14)9(6-8)12(18)22-7-11(17)16-5-4-15-13(16)19/h2-3,6H,4-5,7H2,1H3,(H,15,19). The van der Waals surface area contributed by atoms with E-state index in [1.165, 1.54) is 12.1 Å². The highest BCUT2D eigenvalue weighted by Crippen LogP contribution is 2.21. The lowest BCUT2D eigenvalue weighted by Gasteiger charge is -2.12. The first-order chi connectivity index (χ1) is 10.7. The van der Waals surface area contributed by atoms with Crippen LogP contribution in [0.3, 0.4) is 0 Å². The van der Waals surface area contributed by atoms with E-state index in [9.17, 15) is 22.8 Å². The van der Waals surface area contributed by atoms with Gasteiger partial charge in [-0.15, -0.1) is 0 Å². The number of benzene rings is 1. The van der Waals surface area contributed by atoms with E-state index >= 15 is 0 Å². The quantitative estimate of drug-likeness (QED) is 0.781. The Balaban J connectivity index is 2.09. The van der Waals surface area contributed by atoms with Crippen LogP contribution in [0.25, 0.3) is 0 Å². The first-order valence-electron chi connectivity index (χ1n) is 6.45. The third-order valence-corrected chi connectivity index (χ3v) is 4.51. The van der Waals surface area contributed by atoms with Crippen LogP contribution in [0.4, 0.5) is 4.79 Å². The fourth-order valence-electron chi connectivity index (χ4n) is 1.88. The van der Waals surface area contributed by atoms with E-state index in [-0.39, 0.29) is 22.0 Å². The average molecular weight is 361 g/mol. The van der Waals surface area contributed by atoms with Crippen molar-refractivity contribution in [2.45, 2.75) is 4.90 Å².